The minimum Gasteiger partial charge on any atom is -0.328 e. The molecular formula is C15H23N3. The molecule has 98 valence electrons. The van der Waals surface area contributed by atoms with Crippen LogP contribution in [-0.2, 0) is 6.42 Å². The second kappa shape index (κ2) is 5.11. The number of nitrogens with zero attached hydrogens (tertiary/aromatic N) is 2. The van der Waals surface area contributed by atoms with Gasteiger partial charge in [0.2, 0.25) is 0 Å². The fraction of sp³-hybridized carbons (Fsp3) is 0.533. The third-order valence-electron chi connectivity index (χ3n) is 3.26. The number of benzene rings is 1. The zero-order chi connectivity index (χ0) is 13.3. The molecule has 0 bridgehead atoms. The van der Waals surface area contributed by atoms with Crippen LogP contribution in [0.3, 0.4) is 0 Å². The highest BCUT2D eigenvalue weighted by Crippen LogP contribution is 2.23. The first-order valence-electron chi connectivity index (χ1n) is 6.72. The van der Waals surface area contributed by atoms with E-state index in [1.807, 2.05) is 6.92 Å². The van der Waals surface area contributed by atoms with Crippen molar-refractivity contribution in [2.45, 2.75) is 52.6 Å². The van der Waals surface area contributed by atoms with Crippen molar-refractivity contribution in [2.75, 3.05) is 0 Å². The van der Waals surface area contributed by atoms with E-state index >= 15 is 0 Å². The lowest BCUT2D eigenvalue weighted by Crippen LogP contribution is -2.17. The lowest BCUT2D eigenvalue weighted by Gasteiger charge is -2.13. The number of imidazole rings is 1. The van der Waals surface area contributed by atoms with Crippen molar-refractivity contribution in [3.8, 4) is 0 Å². The first kappa shape index (κ1) is 13.1. The van der Waals surface area contributed by atoms with Crippen LogP contribution < -0.4 is 5.73 Å². The molecule has 0 amide bonds. The van der Waals surface area contributed by atoms with Crippen LogP contribution in [0.15, 0.2) is 18.2 Å². The molecule has 1 aromatic carbocycles. The van der Waals surface area contributed by atoms with Gasteiger partial charge in [0.15, 0.2) is 0 Å². The smallest absolute Gasteiger partial charge is 0.110 e. The summed E-state index contributed by atoms with van der Waals surface area (Å²) in [5.41, 5.74) is 9.44. The van der Waals surface area contributed by atoms with E-state index in [4.69, 9.17) is 10.7 Å². The second-order valence-electron chi connectivity index (χ2n) is 5.50. The molecule has 1 unspecified atom stereocenters. The Balaban J connectivity index is 2.47. The lowest BCUT2D eigenvalue weighted by molar-refractivity contribution is 0.559. The average molecular weight is 245 g/mol. The van der Waals surface area contributed by atoms with Gasteiger partial charge in [0, 0.05) is 18.5 Å². The lowest BCUT2D eigenvalue weighted by atomic mass is 10.2. The van der Waals surface area contributed by atoms with Crippen molar-refractivity contribution in [3.05, 3.63) is 29.6 Å². The quantitative estimate of drug-likeness (QED) is 0.899. The van der Waals surface area contributed by atoms with Crippen LogP contribution in [0, 0.1) is 6.92 Å². The first-order chi connectivity index (χ1) is 8.49. The molecule has 1 aromatic heterocycles. The summed E-state index contributed by atoms with van der Waals surface area (Å²) >= 11 is 0. The maximum Gasteiger partial charge on any atom is 0.110 e. The molecule has 3 nitrogen and oxygen atoms in total. The van der Waals surface area contributed by atoms with Gasteiger partial charge in [0.25, 0.3) is 0 Å². The molecule has 0 fully saturated rings. The molecule has 0 aliphatic rings. The molecule has 18 heavy (non-hydrogen) atoms. The summed E-state index contributed by atoms with van der Waals surface area (Å²) in [6.45, 7) is 8.56. The Morgan fingerprint density at radius 3 is 2.61 bits per heavy atom. The number of nitrogens with two attached hydrogens (primary N) is 1. The normalized spacial score (nSPS) is 13.4. The van der Waals surface area contributed by atoms with Crippen molar-refractivity contribution in [3.63, 3.8) is 0 Å². The van der Waals surface area contributed by atoms with E-state index in [-0.39, 0.29) is 6.04 Å². The summed E-state index contributed by atoms with van der Waals surface area (Å²) in [6, 6.07) is 7.14. The number of rotatable bonds is 4. The van der Waals surface area contributed by atoms with E-state index in [1.165, 1.54) is 11.1 Å². The first-order valence-corrected chi connectivity index (χ1v) is 6.72. The fourth-order valence-corrected chi connectivity index (χ4v) is 2.37. The van der Waals surface area contributed by atoms with Gasteiger partial charge in [0.05, 0.1) is 11.0 Å². The highest BCUT2D eigenvalue weighted by molar-refractivity contribution is 5.77. The van der Waals surface area contributed by atoms with E-state index < -0.39 is 0 Å². The third kappa shape index (κ3) is 2.56. The largest absolute Gasteiger partial charge is 0.328 e. The standard InChI is InChI=1S/C15H23N3/c1-10(2)18-14-7-5-11(3)9-13(14)17-15(18)8-6-12(4)16/h5,7,9-10,12H,6,8,16H2,1-4H3. The summed E-state index contributed by atoms with van der Waals surface area (Å²) in [5.74, 6) is 1.16. The van der Waals surface area contributed by atoms with Crippen molar-refractivity contribution in [1.82, 2.24) is 9.55 Å². The molecule has 3 heteroatoms. The Bertz CT molecular complexity index is 538. The second-order valence-corrected chi connectivity index (χ2v) is 5.50. The fourth-order valence-electron chi connectivity index (χ4n) is 2.37. The molecule has 0 spiro atoms. The van der Waals surface area contributed by atoms with Crippen LogP contribution in [0.4, 0.5) is 0 Å². The van der Waals surface area contributed by atoms with Crippen LogP contribution in [0.1, 0.15) is 44.6 Å². The number of fused-ring (bicyclic) bond motifs is 1. The van der Waals surface area contributed by atoms with Crippen LogP contribution >= 0.6 is 0 Å². The topological polar surface area (TPSA) is 43.8 Å². The van der Waals surface area contributed by atoms with E-state index in [2.05, 4.69) is 43.5 Å². The van der Waals surface area contributed by atoms with E-state index in [9.17, 15) is 0 Å². The molecule has 0 aliphatic carbocycles. The van der Waals surface area contributed by atoms with E-state index in [0.717, 1.165) is 24.2 Å². The van der Waals surface area contributed by atoms with E-state index in [1.54, 1.807) is 0 Å². The maximum atomic E-state index is 5.85. The van der Waals surface area contributed by atoms with E-state index in [0.29, 0.717) is 6.04 Å². The molecule has 0 saturated heterocycles. The van der Waals surface area contributed by atoms with Crippen LogP contribution in [0.5, 0.6) is 0 Å². The molecule has 0 radical (unpaired) electrons. The predicted octanol–water partition coefficient (Wildman–Crippen LogP) is 3.21. The Kier molecular flexibility index (Phi) is 3.71. The Labute approximate surface area is 109 Å². The van der Waals surface area contributed by atoms with Gasteiger partial charge in [0.1, 0.15) is 5.82 Å². The summed E-state index contributed by atoms with van der Waals surface area (Å²) in [5, 5.41) is 0. The highest BCUT2D eigenvalue weighted by Gasteiger charge is 2.13. The van der Waals surface area contributed by atoms with Crippen molar-refractivity contribution >= 4 is 11.0 Å². The van der Waals surface area contributed by atoms with Crippen LogP contribution in [0.2, 0.25) is 0 Å². The summed E-state index contributed by atoms with van der Waals surface area (Å²) in [4.78, 5) is 4.77. The number of aryl methyl sites for hydroxylation is 2. The molecule has 2 N–H and O–H groups in total. The maximum absolute atomic E-state index is 5.85. The monoisotopic (exact) mass is 245 g/mol. The van der Waals surface area contributed by atoms with Gasteiger partial charge < -0.3 is 10.3 Å². The third-order valence-corrected chi connectivity index (χ3v) is 3.26. The van der Waals surface area contributed by atoms with Crippen LogP contribution in [-0.4, -0.2) is 15.6 Å². The van der Waals surface area contributed by atoms with Gasteiger partial charge in [-0.1, -0.05) is 6.07 Å². The molecule has 0 aliphatic heterocycles. The zero-order valence-corrected chi connectivity index (χ0v) is 11.8. The summed E-state index contributed by atoms with van der Waals surface area (Å²) in [7, 11) is 0. The Morgan fingerprint density at radius 1 is 1.28 bits per heavy atom. The molecular weight excluding hydrogens is 222 g/mol. The molecule has 2 rings (SSSR count). The Morgan fingerprint density at radius 2 is 2.00 bits per heavy atom. The van der Waals surface area contributed by atoms with Gasteiger partial charge in [-0.05, 0) is 51.8 Å². The molecule has 2 aromatic rings. The summed E-state index contributed by atoms with van der Waals surface area (Å²) in [6.07, 6.45) is 1.93. The minimum atomic E-state index is 0.229. The number of hydrogen-bond acceptors (Lipinski definition) is 2. The predicted molar refractivity (Wildman–Crippen MR) is 76.8 cm³/mol. The highest BCUT2D eigenvalue weighted by atomic mass is 15.1. The summed E-state index contributed by atoms with van der Waals surface area (Å²) < 4.78 is 2.33. The molecule has 1 heterocycles. The molecule has 1 atom stereocenters. The SMILES string of the molecule is Cc1ccc2c(c1)nc(CCC(C)N)n2C(C)C. The van der Waals surface area contributed by atoms with Gasteiger partial charge >= 0.3 is 0 Å². The average Bonchev–Trinajstić information content (AvgIpc) is 2.63. The Hall–Kier alpha value is -1.35. The van der Waals surface area contributed by atoms with Gasteiger partial charge in [-0.15, -0.1) is 0 Å². The van der Waals surface area contributed by atoms with Crippen molar-refractivity contribution in [2.24, 2.45) is 5.73 Å². The van der Waals surface area contributed by atoms with Crippen LogP contribution in [0.25, 0.3) is 11.0 Å². The molecule has 0 saturated carbocycles. The van der Waals surface area contributed by atoms with Crippen molar-refractivity contribution < 1.29 is 0 Å². The van der Waals surface area contributed by atoms with Gasteiger partial charge in [-0.25, -0.2) is 4.98 Å². The number of aromatic nitrogens is 2. The van der Waals surface area contributed by atoms with Gasteiger partial charge in [-0.2, -0.15) is 0 Å². The minimum absolute atomic E-state index is 0.229. The van der Waals surface area contributed by atoms with Crippen molar-refractivity contribution in [1.29, 1.82) is 0 Å². The zero-order valence-electron chi connectivity index (χ0n) is 11.8. The number of hydrogen-bond donors (Lipinski definition) is 1. The van der Waals surface area contributed by atoms with Gasteiger partial charge in [-0.3, -0.25) is 0 Å².